The number of hydrogen-bond donors (Lipinski definition) is 3. The molecule has 1 rings (SSSR count). The van der Waals surface area contributed by atoms with Crippen LogP contribution in [0.2, 0.25) is 0 Å². The maximum absolute atomic E-state index is 10.4. The van der Waals surface area contributed by atoms with Crippen LogP contribution >= 0.6 is 0 Å². The van der Waals surface area contributed by atoms with Crippen molar-refractivity contribution in [1.82, 2.24) is 0 Å². The number of ether oxygens (including phenoxy) is 1. The van der Waals surface area contributed by atoms with Gasteiger partial charge in [-0.25, -0.2) is 9.59 Å². The van der Waals surface area contributed by atoms with Crippen LogP contribution in [0.4, 0.5) is 0 Å². The van der Waals surface area contributed by atoms with Crippen molar-refractivity contribution in [3.05, 3.63) is 35.4 Å². The summed E-state index contributed by atoms with van der Waals surface area (Å²) in [5.74, 6) is -2.37. The summed E-state index contributed by atoms with van der Waals surface area (Å²) in [5, 5.41) is 26.9. The van der Waals surface area contributed by atoms with Crippen LogP contribution < -0.4 is 4.74 Å². The molecule has 3 N–H and O–H groups in total. The molecular weight excluding hydrogens is 252 g/mol. The van der Waals surface area contributed by atoms with Crippen LogP contribution in [0.3, 0.4) is 0 Å². The average Bonchev–Trinajstić information content (AvgIpc) is 2.35. The Morgan fingerprint density at radius 3 is 2.21 bits per heavy atom. The number of carbonyl (C=O) groups is 2. The van der Waals surface area contributed by atoms with Gasteiger partial charge in [-0.05, 0) is 29.8 Å². The van der Waals surface area contributed by atoms with Crippen LogP contribution in [0.5, 0.6) is 11.5 Å². The van der Waals surface area contributed by atoms with Crippen molar-refractivity contribution in [2.45, 2.75) is 0 Å². The number of carboxylic acid groups (broad SMARTS) is 2. The van der Waals surface area contributed by atoms with E-state index in [-0.39, 0.29) is 17.1 Å². The molecule has 0 saturated heterocycles. The zero-order valence-corrected chi connectivity index (χ0v) is 10.0. The van der Waals surface area contributed by atoms with Gasteiger partial charge in [0.2, 0.25) is 0 Å². The summed E-state index contributed by atoms with van der Waals surface area (Å²) in [4.78, 5) is 20.9. The normalized spacial score (nSPS) is 11.0. The predicted octanol–water partition coefficient (Wildman–Crippen LogP) is 1.60. The molecule has 0 bridgehead atoms. The summed E-state index contributed by atoms with van der Waals surface area (Å²) in [6, 6.07) is 2.88. The second-order valence-corrected chi connectivity index (χ2v) is 3.50. The lowest BCUT2D eigenvalue weighted by atomic mass is 10.1. The van der Waals surface area contributed by atoms with Crippen LogP contribution in [-0.2, 0) is 9.59 Å². The Morgan fingerprint density at radius 1 is 1.11 bits per heavy atom. The molecule has 0 aliphatic rings. The lowest BCUT2D eigenvalue weighted by Crippen LogP contribution is -1.91. The van der Waals surface area contributed by atoms with E-state index in [2.05, 4.69) is 0 Å². The summed E-state index contributed by atoms with van der Waals surface area (Å²) in [7, 11) is 1.34. The van der Waals surface area contributed by atoms with E-state index in [0.717, 1.165) is 12.2 Å². The topological polar surface area (TPSA) is 104 Å². The molecule has 0 atom stereocenters. The molecule has 0 heterocycles. The van der Waals surface area contributed by atoms with Gasteiger partial charge in [-0.3, -0.25) is 0 Å². The first-order chi connectivity index (χ1) is 8.93. The third-order valence-corrected chi connectivity index (χ3v) is 2.17. The van der Waals surface area contributed by atoms with Crippen LogP contribution in [0.1, 0.15) is 11.1 Å². The largest absolute Gasteiger partial charge is 0.504 e. The third-order valence-electron chi connectivity index (χ3n) is 2.17. The second kappa shape index (κ2) is 6.25. The van der Waals surface area contributed by atoms with E-state index in [1.807, 2.05) is 0 Å². The Balaban J connectivity index is 3.25. The first-order valence-electron chi connectivity index (χ1n) is 5.17. The molecule has 0 aliphatic carbocycles. The van der Waals surface area contributed by atoms with E-state index < -0.39 is 11.9 Å². The number of hydrogen-bond acceptors (Lipinski definition) is 4. The Labute approximate surface area is 108 Å². The Morgan fingerprint density at radius 2 is 1.68 bits per heavy atom. The number of methoxy groups -OCH3 is 1. The fourth-order valence-electron chi connectivity index (χ4n) is 1.36. The Bertz CT molecular complexity index is 556. The molecule has 0 radical (unpaired) electrons. The Hall–Kier alpha value is -2.76. The highest BCUT2D eigenvalue weighted by atomic mass is 16.5. The van der Waals surface area contributed by atoms with Crippen LogP contribution in [0.25, 0.3) is 12.2 Å². The molecule has 0 spiro atoms. The van der Waals surface area contributed by atoms with Gasteiger partial charge >= 0.3 is 11.9 Å². The third kappa shape index (κ3) is 4.19. The molecule has 1 aromatic carbocycles. The maximum Gasteiger partial charge on any atom is 0.328 e. The number of phenolic OH excluding ortho intramolecular Hbond substituents is 1. The fraction of sp³-hybridized carbons (Fsp3) is 0.0769. The van der Waals surface area contributed by atoms with E-state index in [0.29, 0.717) is 5.56 Å². The quantitative estimate of drug-likeness (QED) is 0.698. The predicted molar refractivity (Wildman–Crippen MR) is 68.0 cm³/mol. The zero-order valence-electron chi connectivity index (χ0n) is 10.0. The van der Waals surface area contributed by atoms with E-state index in [9.17, 15) is 14.7 Å². The average molecular weight is 264 g/mol. The van der Waals surface area contributed by atoms with Crippen molar-refractivity contribution >= 4 is 24.1 Å². The number of carboxylic acids is 2. The summed E-state index contributed by atoms with van der Waals surface area (Å²) < 4.78 is 4.93. The van der Waals surface area contributed by atoms with Crippen LogP contribution in [0, 0.1) is 0 Å². The number of phenols is 1. The smallest absolute Gasteiger partial charge is 0.328 e. The maximum atomic E-state index is 10.4. The second-order valence-electron chi connectivity index (χ2n) is 3.50. The van der Waals surface area contributed by atoms with Crippen LogP contribution in [0.15, 0.2) is 24.3 Å². The number of aromatic hydroxyl groups is 1. The highest BCUT2D eigenvalue weighted by Gasteiger charge is 2.08. The Kier molecular flexibility index (Phi) is 4.70. The lowest BCUT2D eigenvalue weighted by molar-refractivity contribution is -0.132. The first-order valence-corrected chi connectivity index (χ1v) is 5.17. The first kappa shape index (κ1) is 14.3. The van der Waals surface area contributed by atoms with Gasteiger partial charge in [0, 0.05) is 17.7 Å². The van der Waals surface area contributed by atoms with Crippen molar-refractivity contribution in [3.63, 3.8) is 0 Å². The van der Waals surface area contributed by atoms with Crippen molar-refractivity contribution < 1.29 is 29.6 Å². The molecule has 6 heteroatoms. The molecule has 0 aromatic heterocycles. The summed E-state index contributed by atoms with van der Waals surface area (Å²) in [5.41, 5.74) is 0.675. The molecule has 19 heavy (non-hydrogen) atoms. The molecule has 1 aromatic rings. The number of benzene rings is 1. The lowest BCUT2D eigenvalue weighted by Gasteiger charge is -2.07. The number of aliphatic carboxylic acids is 2. The van der Waals surface area contributed by atoms with Gasteiger partial charge < -0.3 is 20.1 Å². The van der Waals surface area contributed by atoms with Gasteiger partial charge in [0.15, 0.2) is 11.5 Å². The summed E-state index contributed by atoms with van der Waals surface area (Å²) >= 11 is 0. The number of rotatable bonds is 5. The van der Waals surface area contributed by atoms with Crippen LogP contribution in [-0.4, -0.2) is 34.4 Å². The van der Waals surface area contributed by atoms with Gasteiger partial charge in [0.05, 0.1) is 7.11 Å². The van der Waals surface area contributed by atoms with Gasteiger partial charge in [-0.2, -0.15) is 0 Å². The molecule has 6 nitrogen and oxygen atoms in total. The van der Waals surface area contributed by atoms with Gasteiger partial charge in [-0.1, -0.05) is 0 Å². The van der Waals surface area contributed by atoms with E-state index >= 15 is 0 Å². The molecule has 0 aliphatic heterocycles. The van der Waals surface area contributed by atoms with Gasteiger partial charge in [-0.15, -0.1) is 0 Å². The molecule has 0 amide bonds. The van der Waals surface area contributed by atoms with Crippen molar-refractivity contribution in [2.24, 2.45) is 0 Å². The van der Waals surface area contributed by atoms with Crippen molar-refractivity contribution in [3.8, 4) is 11.5 Å². The minimum absolute atomic E-state index is 0.123. The van der Waals surface area contributed by atoms with Gasteiger partial charge in [0.25, 0.3) is 0 Å². The van der Waals surface area contributed by atoms with E-state index in [4.69, 9.17) is 14.9 Å². The molecular formula is C13H12O6. The minimum Gasteiger partial charge on any atom is -0.504 e. The van der Waals surface area contributed by atoms with Crippen molar-refractivity contribution in [1.29, 1.82) is 0 Å². The summed E-state index contributed by atoms with van der Waals surface area (Å²) in [6.45, 7) is 0. The monoisotopic (exact) mass is 264 g/mol. The minimum atomic E-state index is -1.16. The van der Waals surface area contributed by atoms with Crippen molar-refractivity contribution in [2.75, 3.05) is 7.11 Å². The standard InChI is InChI=1S/C13H12O6/c1-19-10-7-8(2-4-11(14)15)6-9(13(10)18)3-5-12(16)17/h2-7,18H,1H3,(H,14,15)(H,16,17). The highest BCUT2D eigenvalue weighted by molar-refractivity contribution is 5.88. The van der Waals surface area contributed by atoms with E-state index in [1.165, 1.54) is 31.4 Å². The SMILES string of the molecule is COc1cc(C=CC(=O)O)cc(C=CC(=O)O)c1O. The highest BCUT2D eigenvalue weighted by Crippen LogP contribution is 2.32. The molecule has 100 valence electrons. The fourth-order valence-corrected chi connectivity index (χ4v) is 1.36. The molecule has 0 saturated carbocycles. The molecule has 0 fully saturated rings. The van der Waals surface area contributed by atoms with Gasteiger partial charge in [0.1, 0.15) is 0 Å². The summed E-state index contributed by atoms with van der Waals surface area (Å²) in [6.07, 6.45) is 4.29. The molecule has 0 unspecified atom stereocenters. The zero-order chi connectivity index (χ0) is 14.4. The van der Waals surface area contributed by atoms with E-state index in [1.54, 1.807) is 0 Å².